The van der Waals surface area contributed by atoms with E-state index in [9.17, 15) is 0 Å². The molecular formula is C11H16N2. The minimum absolute atomic E-state index is 0.521. The van der Waals surface area contributed by atoms with Gasteiger partial charge in [0.05, 0.1) is 18.9 Å². The quantitative estimate of drug-likeness (QED) is 0.629. The zero-order valence-corrected chi connectivity index (χ0v) is 8.27. The largest absolute Gasteiger partial charge is 0.330 e. The van der Waals surface area contributed by atoms with Gasteiger partial charge in [-0.15, -0.1) is 0 Å². The highest BCUT2D eigenvalue weighted by Gasteiger charge is 2.24. The summed E-state index contributed by atoms with van der Waals surface area (Å²) in [6.07, 6.45) is 9.59. The van der Waals surface area contributed by atoms with Crippen LogP contribution in [0.5, 0.6) is 0 Å². The summed E-state index contributed by atoms with van der Waals surface area (Å²) >= 11 is 0. The fourth-order valence-electron chi connectivity index (χ4n) is 1.92. The van der Waals surface area contributed by atoms with Gasteiger partial charge in [0.25, 0.3) is 0 Å². The standard InChI is InChI=1S/C11H16N2/c1-9(2)6-10-4-3-5-13-8-12-7-11(10)13/h3-5,8-9,11H,6-7H2,1-2H3. The molecule has 0 aromatic carbocycles. The van der Waals surface area contributed by atoms with Crippen molar-refractivity contribution in [2.24, 2.45) is 10.9 Å². The molecule has 0 aromatic rings. The highest BCUT2D eigenvalue weighted by atomic mass is 15.2. The van der Waals surface area contributed by atoms with Crippen LogP contribution >= 0.6 is 0 Å². The van der Waals surface area contributed by atoms with E-state index in [4.69, 9.17) is 0 Å². The number of hydrogen-bond acceptors (Lipinski definition) is 2. The first-order valence-corrected chi connectivity index (χ1v) is 4.92. The molecule has 2 aliphatic heterocycles. The summed E-state index contributed by atoms with van der Waals surface area (Å²) in [5.74, 6) is 0.736. The Morgan fingerprint density at radius 2 is 2.46 bits per heavy atom. The van der Waals surface area contributed by atoms with Crippen LogP contribution in [0.25, 0.3) is 0 Å². The summed E-state index contributed by atoms with van der Waals surface area (Å²) < 4.78 is 0. The van der Waals surface area contributed by atoms with Crippen LogP contribution in [0.2, 0.25) is 0 Å². The number of aliphatic imine (C=N–C) groups is 1. The van der Waals surface area contributed by atoms with E-state index in [-0.39, 0.29) is 0 Å². The predicted octanol–water partition coefficient (Wildman–Crippen LogP) is 2.20. The minimum atomic E-state index is 0.521. The monoisotopic (exact) mass is 176 g/mol. The summed E-state index contributed by atoms with van der Waals surface area (Å²) in [5.41, 5.74) is 1.52. The van der Waals surface area contributed by atoms with E-state index in [1.807, 2.05) is 6.34 Å². The zero-order chi connectivity index (χ0) is 9.26. The molecule has 1 unspecified atom stereocenters. The summed E-state index contributed by atoms with van der Waals surface area (Å²) in [6, 6.07) is 0.521. The molecule has 0 amide bonds. The van der Waals surface area contributed by atoms with Crippen LogP contribution in [0.3, 0.4) is 0 Å². The maximum atomic E-state index is 4.29. The van der Waals surface area contributed by atoms with Crippen LogP contribution in [-0.4, -0.2) is 23.8 Å². The second-order valence-electron chi connectivity index (χ2n) is 4.12. The summed E-state index contributed by atoms with van der Waals surface area (Å²) in [4.78, 5) is 6.50. The van der Waals surface area contributed by atoms with Gasteiger partial charge in [0.2, 0.25) is 0 Å². The number of rotatable bonds is 2. The Morgan fingerprint density at radius 1 is 1.62 bits per heavy atom. The van der Waals surface area contributed by atoms with Crippen LogP contribution in [0, 0.1) is 5.92 Å². The molecule has 0 saturated carbocycles. The van der Waals surface area contributed by atoms with E-state index >= 15 is 0 Å². The molecule has 1 atom stereocenters. The van der Waals surface area contributed by atoms with Crippen LogP contribution in [0.1, 0.15) is 20.3 Å². The van der Waals surface area contributed by atoms with Crippen LogP contribution in [0.4, 0.5) is 0 Å². The number of allylic oxidation sites excluding steroid dienone is 2. The normalized spacial score (nSPS) is 25.3. The third-order valence-corrected chi connectivity index (χ3v) is 2.49. The van der Waals surface area contributed by atoms with Gasteiger partial charge in [-0.25, -0.2) is 0 Å². The SMILES string of the molecule is CC(C)CC1=CC=CN2C=NCC12. The van der Waals surface area contributed by atoms with Gasteiger partial charge < -0.3 is 4.90 Å². The number of fused-ring (bicyclic) bond motifs is 1. The number of hydrogen-bond donors (Lipinski definition) is 0. The van der Waals surface area contributed by atoms with Crippen molar-refractivity contribution in [2.75, 3.05) is 6.54 Å². The van der Waals surface area contributed by atoms with E-state index in [1.165, 1.54) is 12.0 Å². The van der Waals surface area contributed by atoms with E-state index in [0.717, 1.165) is 12.5 Å². The van der Waals surface area contributed by atoms with Gasteiger partial charge in [-0.05, 0) is 24.0 Å². The Hall–Kier alpha value is -1.05. The fraction of sp³-hybridized carbons (Fsp3) is 0.545. The van der Waals surface area contributed by atoms with Crippen molar-refractivity contribution in [1.29, 1.82) is 0 Å². The molecule has 0 fully saturated rings. The van der Waals surface area contributed by atoms with Gasteiger partial charge in [-0.3, -0.25) is 4.99 Å². The lowest BCUT2D eigenvalue weighted by Crippen LogP contribution is -2.31. The van der Waals surface area contributed by atoms with Crippen molar-refractivity contribution in [3.63, 3.8) is 0 Å². The van der Waals surface area contributed by atoms with Crippen molar-refractivity contribution in [3.05, 3.63) is 23.9 Å². The van der Waals surface area contributed by atoms with Gasteiger partial charge in [-0.1, -0.05) is 19.9 Å². The van der Waals surface area contributed by atoms with Crippen LogP contribution in [-0.2, 0) is 0 Å². The van der Waals surface area contributed by atoms with Crippen LogP contribution < -0.4 is 0 Å². The predicted molar refractivity (Wildman–Crippen MR) is 55.7 cm³/mol. The molecule has 2 heterocycles. The molecule has 0 bridgehead atoms. The molecule has 0 aliphatic carbocycles. The Bertz CT molecular complexity index is 274. The molecule has 2 rings (SSSR count). The molecule has 2 heteroatoms. The van der Waals surface area contributed by atoms with Gasteiger partial charge >= 0.3 is 0 Å². The topological polar surface area (TPSA) is 15.6 Å². The molecule has 2 aliphatic rings. The highest BCUT2D eigenvalue weighted by molar-refractivity contribution is 5.62. The molecule has 0 aromatic heterocycles. The van der Waals surface area contributed by atoms with E-state index < -0.39 is 0 Å². The molecule has 70 valence electrons. The average molecular weight is 176 g/mol. The molecule has 0 saturated heterocycles. The molecular weight excluding hydrogens is 160 g/mol. The maximum Gasteiger partial charge on any atom is 0.0897 e. The van der Waals surface area contributed by atoms with E-state index in [1.54, 1.807) is 0 Å². The smallest absolute Gasteiger partial charge is 0.0897 e. The fourth-order valence-corrected chi connectivity index (χ4v) is 1.92. The molecule has 13 heavy (non-hydrogen) atoms. The van der Waals surface area contributed by atoms with E-state index in [2.05, 4.69) is 42.1 Å². The summed E-state index contributed by atoms with van der Waals surface area (Å²) in [6.45, 7) is 5.46. The van der Waals surface area contributed by atoms with Gasteiger partial charge in [0, 0.05) is 6.20 Å². The Morgan fingerprint density at radius 3 is 3.23 bits per heavy atom. The lowest BCUT2D eigenvalue weighted by Gasteiger charge is -2.26. The van der Waals surface area contributed by atoms with E-state index in [0.29, 0.717) is 6.04 Å². The van der Waals surface area contributed by atoms with Gasteiger partial charge in [0.1, 0.15) is 0 Å². The van der Waals surface area contributed by atoms with Crippen molar-refractivity contribution in [1.82, 2.24) is 4.90 Å². The lowest BCUT2D eigenvalue weighted by atomic mass is 9.94. The Balaban J connectivity index is 2.10. The number of nitrogens with zero attached hydrogens (tertiary/aromatic N) is 2. The molecule has 0 N–H and O–H groups in total. The summed E-state index contributed by atoms with van der Waals surface area (Å²) in [5, 5.41) is 0. The third kappa shape index (κ3) is 1.67. The minimum Gasteiger partial charge on any atom is -0.330 e. The van der Waals surface area contributed by atoms with Crippen molar-refractivity contribution < 1.29 is 0 Å². The zero-order valence-electron chi connectivity index (χ0n) is 8.27. The first-order valence-electron chi connectivity index (χ1n) is 4.92. The Kier molecular flexibility index (Phi) is 2.21. The van der Waals surface area contributed by atoms with Crippen molar-refractivity contribution >= 4 is 6.34 Å². The van der Waals surface area contributed by atoms with Gasteiger partial charge in [-0.2, -0.15) is 0 Å². The van der Waals surface area contributed by atoms with Crippen molar-refractivity contribution in [2.45, 2.75) is 26.3 Å². The van der Waals surface area contributed by atoms with Gasteiger partial charge in [0.15, 0.2) is 0 Å². The first kappa shape index (κ1) is 8.54. The molecule has 2 nitrogen and oxygen atoms in total. The Labute approximate surface area is 79.7 Å². The average Bonchev–Trinajstić information content (AvgIpc) is 2.51. The maximum absolute atomic E-state index is 4.29. The second-order valence-corrected chi connectivity index (χ2v) is 4.12. The van der Waals surface area contributed by atoms with Crippen molar-refractivity contribution in [3.8, 4) is 0 Å². The highest BCUT2D eigenvalue weighted by Crippen LogP contribution is 2.24. The molecule has 0 spiro atoms. The summed E-state index contributed by atoms with van der Waals surface area (Å²) in [7, 11) is 0. The third-order valence-electron chi connectivity index (χ3n) is 2.49. The molecule has 0 radical (unpaired) electrons. The lowest BCUT2D eigenvalue weighted by molar-refractivity contribution is 0.463. The second kappa shape index (κ2) is 3.36. The van der Waals surface area contributed by atoms with Crippen LogP contribution in [0.15, 0.2) is 28.9 Å². The first-order chi connectivity index (χ1) is 6.27.